The van der Waals surface area contributed by atoms with Crippen LogP contribution in [0.5, 0.6) is 0 Å². The smallest absolute Gasteiger partial charge is 0.326 e. The number of thioether (sulfide) groups is 1. The summed E-state index contributed by atoms with van der Waals surface area (Å²) < 4.78 is 1.57. The van der Waals surface area contributed by atoms with Crippen molar-refractivity contribution in [2.75, 3.05) is 12.3 Å². The number of rotatable bonds is 10. The van der Waals surface area contributed by atoms with Crippen LogP contribution in [0.3, 0.4) is 0 Å². The highest BCUT2D eigenvalue weighted by atomic mass is 32.2. The maximum atomic E-state index is 11.9. The number of unbranched alkanes of at least 4 members (excludes halogenated alkanes) is 2. The van der Waals surface area contributed by atoms with Crippen molar-refractivity contribution in [2.24, 2.45) is 0 Å². The molecule has 25 heavy (non-hydrogen) atoms. The molecular formula is C16H22N4O3S2. The summed E-state index contributed by atoms with van der Waals surface area (Å²) in [6.45, 7) is 4.35. The second-order valence-corrected chi connectivity index (χ2v) is 7.40. The summed E-state index contributed by atoms with van der Waals surface area (Å²) in [5, 5.41) is 22.8. The molecule has 0 radical (unpaired) electrons. The normalized spacial score (nSPS) is 12.1. The summed E-state index contributed by atoms with van der Waals surface area (Å²) in [5.41, 5.74) is 0. The third kappa shape index (κ3) is 5.30. The predicted octanol–water partition coefficient (Wildman–Crippen LogP) is 3.05. The van der Waals surface area contributed by atoms with E-state index in [0.29, 0.717) is 17.5 Å². The standard InChI is InChI=1S/C16H22N4O3S2/c1-3-4-5-8-17-13(21)10-25-16-19-18-14(12-7-6-9-24-12)20(16)11(2)15(22)23/h6-7,9,11H,3-5,8,10H2,1-2H3,(H,17,21)(H,22,23)/t11-/m0/s1. The molecule has 0 saturated heterocycles. The number of carbonyl (C=O) groups is 2. The summed E-state index contributed by atoms with van der Waals surface area (Å²) in [6, 6.07) is 2.93. The SMILES string of the molecule is CCCCCNC(=O)CSc1nnc(-c2cccs2)n1[C@@H](C)C(=O)O. The zero-order valence-electron chi connectivity index (χ0n) is 14.3. The van der Waals surface area contributed by atoms with Gasteiger partial charge in [0, 0.05) is 6.54 Å². The van der Waals surface area contributed by atoms with Gasteiger partial charge in [0.25, 0.3) is 0 Å². The van der Waals surface area contributed by atoms with E-state index >= 15 is 0 Å². The molecule has 0 spiro atoms. The Morgan fingerprint density at radius 1 is 1.40 bits per heavy atom. The summed E-state index contributed by atoms with van der Waals surface area (Å²) in [4.78, 5) is 24.2. The molecule has 2 aromatic rings. The number of carboxylic acids is 1. The zero-order valence-corrected chi connectivity index (χ0v) is 15.9. The minimum atomic E-state index is -0.969. The van der Waals surface area contributed by atoms with Crippen molar-refractivity contribution in [3.63, 3.8) is 0 Å². The predicted molar refractivity (Wildman–Crippen MR) is 98.9 cm³/mol. The first-order chi connectivity index (χ1) is 12.0. The zero-order chi connectivity index (χ0) is 18.2. The number of nitrogens with zero attached hydrogens (tertiary/aromatic N) is 3. The van der Waals surface area contributed by atoms with Gasteiger partial charge >= 0.3 is 5.97 Å². The molecule has 0 bridgehead atoms. The van der Waals surface area contributed by atoms with E-state index in [1.165, 1.54) is 23.1 Å². The van der Waals surface area contributed by atoms with Crippen LogP contribution in [0.2, 0.25) is 0 Å². The minimum Gasteiger partial charge on any atom is -0.480 e. The lowest BCUT2D eigenvalue weighted by Gasteiger charge is -2.13. The highest BCUT2D eigenvalue weighted by Crippen LogP contribution is 2.30. The van der Waals surface area contributed by atoms with Crippen molar-refractivity contribution < 1.29 is 14.7 Å². The van der Waals surface area contributed by atoms with E-state index in [9.17, 15) is 14.7 Å². The Kier molecular flexibility index (Phi) is 7.45. The molecule has 0 aliphatic heterocycles. The van der Waals surface area contributed by atoms with Gasteiger partial charge in [-0.25, -0.2) is 4.79 Å². The molecule has 0 fully saturated rings. The number of hydrogen-bond acceptors (Lipinski definition) is 6. The van der Waals surface area contributed by atoms with Crippen LogP contribution in [-0.2, 0) is 9.59 Å². The molecule has 7 nitrogen and oxygen atoms in total. The summed E-state index contributed by atoms with van der Waals surface area (Å²) in [7, 11) is 0. The fourth-order valence-electron chi connectivity index (χ4n) is 2.19. The first-order valence-electron chi connectivity index (χ1n) is 8.15. The Hall–Kier alpha value is -1.87. The lowest BCUT2D eigenvalue weighted by molar-refractivity contribution is -0.140. The van der Waals surface area contributed by atoms with E-state index in [2.05, 4.69) is 22.4 Å². The molecule has 1 amide bonds. The van der Waals surface area contributed by atoms with Crippen LogP contribution < -0.4 is 5.32 Å². The van der Waals surface area contributed by atoms with E-state index in [0.717, 1.165) is 24.1 Å². The van der Waals surface area contributed by atoms with Crippen molar-refractivity contribution >= 4 is 35.0 Å². The molecule has 0 aliphatic carbocycles. The van der Waals surface area contributed by atoms with E-state index < -0.39 is 12.0 Å². The lowest BCUT2D eigenvalue weighted by atomic mass is 10.2. The van der Waals surface area contributed by atoms with Gasteiger partial charge in [0.05, 0.1) is 10.6 Å². The lowest BCUT2D eigenvalue weighted by Crippen LogP contribution is -2.26. The minimum absolute atomic E-state index is 0.0868. The average molecular weight is 383 g/mol. The van der Waals surface area contributed by atoms with Gasteiger partial charge in [-0.05, 0) is 24.8 Å². The number of nitrogens with one attached hydrogen (secondary N) is 1. The number of hydrogen-bond donors (Lipinski definition) is 2. The Bertz CT molecular complexity index is 700. The van der Waals surface area contributed by atoms with Gasteiger partial charge in [-0.2, -0.15) is 0 Å². The van der Waals surface area contributed by atoms with E-state index in [4.69, 9.17) is 0 Å². The highest BCUT2D eigenvalue weighted by Gasteiger charge is 2.24. The average Bonchev–Trinajstić information content (AvgIpc) is 3.24. The van der Waals surface area contributed by atoms with Gasteiger partial charge in [-0.1, -0.05) is 37.6 Å². The molecule has 136 valence electrons. The maximum Gasteiger partial charge on any atom is 0.326 e. The fraction of sp³-hybridized carbons (Fsp3) is 0.500. The van der Waals surface area contributed by atoms with Crippen LogP contribution >= 0.6 is 23.1 Å². The van der Waals surface area contributed by atoms with Crippen molar-refractivity contribution in [3.8, 4) is 10.7 Å². The number of carbonyl (C=O) groups excluding carboxylic acids is 1. The molecule has 2 heterocycles. The van der Waals surface area contributed by atoms with Crippen molar-refractivity contribution in [3.05, 3.63) is 17.5 Å². The van der Waals surface area contributed by atoms with Gasteiger partial charge in [-0.3, -0.25) is 9.36 Å². The van der Waals surface area contributed by atoms with E-state index in [-0.39, 0.29) is 11.7 Å². The molecule has 0 unspecified atom stereocenters. The van der Waals surface area contributed by atoms with Gasteiger partial charge in [-0.15, -0.1) is 21.5 Å². The molecule has 0 aliphatic rings. The monoisotopic (exact) mass is 382 g/mol. The van der Waals surface area contributed by atoms with E-state index in [1.54, 1.807) is 11.5 Å². The number of amides is 1. The Balaban J connectivity index is 2.07. The Morgan fingerprint density at radius 3 is 2.84 bits per heavy atom. The largest absolute Gasteiger partial charge is 0.480 e. The van der Waals surface area contributed by atoms with Gasteiger partial charge in [0.2, 0.25) is 5.91 Å². The summed E-state index contributed by atoms with van der Waals surface area (Å²) >= 11 is 2.67. The second kappa shape index (κ2) is 9.57. The molecule has 1 atom stereocenters. The Morgan fingerprint density at radius 2 is 2.20 bits per heavy atom. The van der Waals surface area contributed by atoms with Gasteiger partial charge < -0.3 is 10.4 Å². The topological polar surface area (TPSA) is 97.1 Å². The van der Waals surface area contributed by atoms with Crippen LogP contribution in [-0.4, -0.2) is 44.0 Å². The van der Waals surface area contributed by atoms with Crippen molar-refractivity contribution in [2.45, 2.75) is 44.3 Å². The number of thiophene rings is 1. The second-order valence-electron chi connectivity index (χ2n) is 5.51. The first kappa shape index (κ1) is 19.5. The molecule has 2 N–H and O–H groups in total. The van der Waals surface area contributed by atoms with E-state index in [1.807, 2.05) is 17.5 Å². The first-order valence-corrected chi connectivity index (χ1v) is 10.0. The fourth-order valence-corrected chi connectivity index (χ4v) is 3.74. The molecular weight excluding hydrogens is 360 g/mol. The van der Waals surface area contributed by atoms with Crippen LogP contribution in [0.25, 0.3) is 10.7 Å². The van der Waals surface area contributed by atoms with Crippen LogP contribution in [0.1, 0.15) is 39.2 Å². The third-order valence-electron chi connectivity index (χ3n) is 3.59. The molecule has 2 rings (SSSR count). The number of carboxylic acid groups (broad SMARTS) is 1. The summed E-state index contributed by atoms with van der Waals surface area (Å²) in [5.74, 6) is -0.364. The number of aliphatic carboxylic acids is 1. The maximum absolute atomic E-state index is 11.9. The van der Waals surface area contributed by atoms with Crippen LogP contribution in [0.15, 0.2) is 22.7 Å². The molecule has 2 aromatic heterocycles. The van der Waals surface area contributed by atoms with Crippen molar-refractivity contribution in [1.82, 2.24) is 20.1 Å². The molecule has 9 heteroatoms. The van der Waals surface area contributed by atoms with Crippen LogP contribution in [0, 0.1) is 0 Å². The van der Waals surface area contributed by atoms with Crippen LogP contribution in [0.4, 0.5) is 0 Å². The summed E-state index contributed by atoms with van der Waals surface area (Å²) in [6.07, 6.45) is 3.15. The highest BCUT2D eigenvalue weighted by molar-refractivity contribution is 7.99. The third-order valence-corrected chi connectivity index (χ3v) is 5.39. The number of aromatic nitrogens is 3. The van der Waals surface area contributed by atoms with Gasteiger partial charge in [0.15, 0.2) is 11.0 Å². The van der Waals surface area contributed by atoms with Gasteiger partial charge in [0.1, 0.15) is 6.04 Å². The van der Waals surface area contributed by atoms with Crippen molar-refractivity contribution in [1.29, 1.82) is 0 Å². The molecule has 0 aromatic carbocycles. The Labute approximate surface area is 154 Å². The quantitative estimate of drug-likeness (QED) is 0.484. The molecule has 0 saturated carbocycles.